The summed E-state index contributed by atoms with van der Waals surface area (Å²) in [6.07, 6.45) is 8.46. The summed E-state index contributed by atoms with van der Waals surface area (Å²) in [6.45, 7) is 2.24. The van der Waals surface area contributed by atoms with Crippen molar-refractivity contribution in [3.05, 3.63) is 41.6 Å². The molecule has 108 valence electrons. The summed E-state index contributed by atoms with van der Waals surface area (Å²) < 4.78 is 0. The molecule has 2 aliphatic carbocycles. The van der Waals surface area contributed by atoms with Crippen LogP contribution in [-0.2, 0) is 6.42 Å². The standard InChI is InChI=1S/C18H21N3/c19-13-7-15-14-2-1-3-16-18(14)12(8-20-16)6-17(15)21(10-13)9-11-4-5-11/h1-3,7-8,11,13,17,20H,4-6,9-10,19H2/t13-,17+/m0/s1. The normalized spacial score (nSPS) is 28.5. The minimum atomic E-state index is 0.172. The van der Waals surface area contributed by atoms with Crippen LogP contribution >= 0.6 is 0 Å². The van der Waals surface area contributed by atoms with Crippen LogP contribution in [0.4, 0.5) is 0 Å². The number of nitrogens with zero attached hydrogens (tertiary/aromatic N) is 1. The fraction of sp³-hybridized carbons (Fsp3) is 0.444. The van der Waals surface area contributed by atoms with E-state index in [1.807, 2.05) is 0 Å². The Balaban J connectivity index is 1.64. The van der Waals surface area contributed by atoms with E-state index in [9.17, 15) is 0 Å². The lowest BCUT2D eigenvalue weighted by Crippen LogP contribution is -2.49. The van der Waals surface area contributed by atoms with Crippen LogP contribution in [0.5, 0.6) is 0 Å². The van der Waals surface area contributed by atoms with Crippen molar-refractivity contribution in [1.29, 1.82) is 0 Å². The Bertz CT molecular complexity index is 738. The zero-order chi connectivity index (χ0) is 14.0. The second kappa shape index (κ2) is 4.21. The van der Waals surface area contributed by atoms with Crippen molar-refractivity contribution in [3.63, 3.8) is 0 Å². The zero-order valence-corrected chi connectivity index (χ0v) is 12.2. The smallest absolute Gasteiger partial charge is 0.0462 e. The van der Waals surface area contributed by atoms with E-state index < -0.39 is 0 Å². The first-order chi connectivity index (χ1) is 10.3. The summed E-state index contributed by atoms with van der Waals surface area (Å²) in [7, 11) is 0. The number of aromatic nitrogens is 1. The molecule has 0 bridgehead atoms. The number of hydrogen-bond donors (Lipinski definition) is 2. The molecule has 1 saturated carbocycles. The van der Waals surface area contributed by atoms with E-state index >= 15 is 0 Å². The fourth-order valence-corrected chi connectivity index (χ4v) is 4.20. The lowest BCUT2D eigenvalue weighted by molar-refractivity contribution is 0.209. The van der Waals surface area contributed by atoms with Gasteiger partial charge in [0.15, 0.2) is 0 Å². The van der Waals surface area contributed by atoms with E-state index in [1.54, 1.807) is 0 Å². The highest BCUT2D eigenvalue weighted by Crippen LogP contribution is 2.41. The van der Waals surface area contributed by atoms with Crippen molar-refractivity contribution in [2.45, 2.75) is 31.3 Å². The maximum atomic E-state index is 6.33. The van der Waals surface area contributed by atoms with E-state index in [2.05, 4.69) is 40.4 Å². The van der Waals surface area contributed by atoms with Gasteiger partial charge >= 0.3 is 0 Å². The fourth-order valence-electron chi connectivity index (χ4n) is 4.20. The predicted octanol–water partition coefficient (Wildman–Crippen LogP) is 2.53. The maximum Gasteiger partial charge on any atom is 0.0462 e. The predicted molar refractivity (Wildman–Crippen MR) is 86.0 cm³/mol. The molecule has 1 aliphatic heterocycles. The van der Waals surface area contributed by atoms with E-state index in [4.69, 9.17) is 5.73 Å². The second-order valence-electron chi connectivity index (χ2n) is 6.95. The van der Waals surface area contributed by atoms with Crippen LogP contribution in [-0.4, -0.2) is 35.1 Å². The molecule has 3 nitrogen and oxygen atoms in total. The van der Waals surface area contributed by atoms with E-state index in [0.29, 0.717) is 6.04 Å². The minimum absolute atomic E-state index is 0.172. The first kappa shape index (κ1) is 12.0. The number of hydrogen-bond acceptors (Lipinski definition) is 2. The lowest BCUT2D eigenvalue weighted by atomic mass is 9.81. The lowest BCUT2D eigenvalue weighted by Gasteiger charge is -2.41. The molecule has 1 fully saturated rings. The van der Waals surface area contributed by atoms with E-state index in [0.717, 1.165) is 18.9 Å². The quantitative estimate of drug-likeness (QED) is 0.887. The molecule has 2 heterocycles. The monoisotopic (exact) mass is 279 g/mol. The Kier molecular flexibility index (Phi) is 2.41. The Morgan fingerprint density at radius 1 is 1.29 bits per heavy atom. The van der Waals surface area contributed by atoms with Gasteiger partial charge in [-0.3, -0.25) is 4.90 Å². The first-order valence-electron chi connectivity index (χ1n) is 8.10. The summed E-state index contributed by atoms with van der Waals surface area (Å²) in [5.41, 5.74) is 11.9. The molecule has 0 saturated heterocycles. The molecular formula is C18H21N3. The highest BCUT2D eigenvalue weighted by Gasteiger charge is 2.36. The largest absolute Gasteiger partial charge is 0.361 e. The van der Waals surface area contributed by atoms with E-state index in [-0.39, 0.29) is 6.04 Å². The Morgan fingerprint density at radius 2 is 2.19 bits per heavy atom. The third-order valence-corrected chi connectivity index (χ3v) is 5.34. The van der Waals surface area contributed by atoms with Crippen LogP contribution < -0.4 is 5.73 Å². The molecular weight excluding hydrogens is 258 g/mol. The van der Waals surface area contributed by atoms with Gasteiger partial charge in [-0.05, 0) is 47.9 Å². The van der Waals surface area contributed by atoms with Crippen molar-refractivity contribution >= 4 is 16.5 Å². The highest BCUT2D eigenvalue weighted by atomic mass is 15.2. The topological polar surface area (TPSA) is 45.1 Å². The maximum absolute atomic E-state index is 6.33. The van der Waals surface area contributed by atoms with Gasteiger partial charge in [-0.15, -0.1) is 0 Å². The Hall–Kier alpha value is -1.58. The van der Waals surface area contributed by atoms with Gasteiger partial charge in [-0.25, -0.2) is 0 Å². The highest BCUT2D eigenvalue weighted by molar-refractivity contribution is 5.98. The summed E-state index contributed by atoms with van der Waals surface area (Å²) in [5.74, 6) is 0.917. The van der Waals surface area contributed by atoms with Crippen LogP contribution in [0.1, 0.15) is 24.0 Å². The number of aromatic amines is 1. The average molecular weight is 279 g/mol. The van der Waals surface area contributed by atoms with Gasteiger partial charge in [0.05, 0.1) is 0 Å². The van der Waals surface area contributed by atoms with Crippen molar-refractivity contribution < 1.29 is 0 Å². The summed E-state index contributed by atoms with van der Waals surface area (Å²) in [4.78, 5) is 6.08. The molecule has 2 aromatic rings. The van der Waals surface area contributed by atoms with E-state index in [1.165, 1.54) is 47.0 Å². The SMILES string of the molecule is N[C@H]1C=C2c3cccc4[nH]cc(c34)C[C@H]2N(CC2CC2)C1. The number of nitrogens with two attached hydrogens (primary N) is 1. The third-order valence-electron chi connectivity index (χ3n) is 5.34. The van der Waals surface area contributed by atoms with Gasteiger partial charge < -0.3 is 10.7 Å². The van der Waals surface area contributed by atoms with Crippen molar-refractivity contribution in [2.24, 2.45) is 11.7 Å². The summed E-state index contributed by atoms with van der Waals surface area (Å²) in [5, 5.41) is 1.42. The van der Waals surface area contributed by atoms with Crippen LogP contribution in [0.25, 0.3) is 16.5 Å². The summed E-state index contributed by atoms with van der Waals surface area (Å²) >= 11 is 0. The molecule has 5 rings (SSSR count). The molecule has 2 atom stereocenters. The molecule has 0 spiro atoms. The number of benzene rings is 1. The molecule has 0 unspecified atom stereocenters. The number of rotatable bonds is 2. The molecule has 21 heavy (non-hydrogen) atoms. The molecule has 3 heteroatoms. The molecule has 0 amide bonds. The van der Waals surface area contributed by atoms with Gasteiger partial charge in [-0.1, -0.05) is 18.2 Å². The number of H-pyrrole nitrogens is 1. The van der Waals surface area contributed by atoms with Crippen molar-refractivity contribution in [2.75, 3.05) is 13.1 Å². The van der Waals surface area contributed by atoms with Crippen LogP contribution in [0.3, 0.4) is 0 Å². The minimum Gasteiger partial charge on any atom is -0.361 e. The molecule has 1 aromatic carbocycles. The van der Waals surface area contributed by atoms with Crippen LogP contribution in [0.2, 0.25) is 0 Å². The van der Waals surface area contributed by atoms with Gasteiger partial charge in [0.2, 0.25) is 0 Å². The first-order valence-corrected chi connectivity index (χ1v) is 8.10. The Labute approximate surface area is 124 Å². The van der Waals surface area contributed by atoms with Crippen LogP contribution in [0, 0.1) is 5.92 Å². The van der Waals surface area contributed by atoms with Crippen molar-refractivity contribution in [3.8, 4) is 0 Å². The number of fused-ring (bicyclic) bond motifs is 2. The van der Waals surface area contributed by atoms with Gasteiger partial charge in [0, 0.05) is 42.3 Å². The second-order valence-corrected chi connectivity index (χ2v) is 6.95. The third kappa shape index (κ3) is 1.81. The van der Waals surface area contributed by atoms with Gasteiger partial charge in [0.1, 0.15) is 0 Å². The molecule has 1 aromatic heterocycles. The summed E-state index contributed by atoms with van der Waals surface area (Å²) in [6, 6.07) is 7.30. The molecule has 3 N–H and O–H groups in total. The zero-order valence-electron chi connectivity index (χ0n) is 12.2. The van der Waals surface area contributed by atoms with Crippen molar-refractivity contribution in [1.82, 2.24) is 9.88 Å². The van der Waals surface area contributed by atoms with Gasteiger partial charge in [0.25, 0.3) is 0 Å². The Morgan fingerprint density at radius 3 is 3.05 bits per heavy atom. The molecule has 0 radical (unpaired) electrons. The van der Waals surface area contributed by atoms with Crippen LogP contribution in [0.15, 0.2) is 30.5 Å². The van der Waals surface area contributed by atoms with Gasteiger partial charge in [-0.2, -0.15) is 0 Å². The average Bonchev–Trinajstić information content (AvgIpc) is 3.20. The molecule has 3 aliphatic rings. The number of nitrogens with one attached hydrogen (secondary N) is 1.